The summed E-state index contributed by atoms with van der Waals surface area (Å²) in [6, 6.07) is 0.0346. The van der Waals surface area contributed by atoms with Crippen LogP contribution in [0.2, 0.25) is 0 Å². The molecule has 2 aromatic heterocycles. The highest BCUT2D eigenvalue weighted by atomic mass is 35.5. The molecule has 0 aliphatic heterocycles. The summed E-state index contributed by atoms with van der Waals surface area (Å²) in [5, 5.41) is 7.45. The van der Waals surface area contributed by atoms with Crippen molar-refractivity contribution in [1.82, 2.24) is 24.6 Å². The van der Waals surface area contributed by atoms with Crippen LogP contribution in [0.15, 0.2) is 0 Å². The molecular formula is C14H20ClN5O. The summed E-state index contributed by atoms with van der Waals surface area (Å²) in [6.07, 6.45) is 2.80. The fourth-order valence-electron chi connectivity index (χ4n) is 2.68. The van der Waals surface area contributed by atoms with Crippen LogP contribution in [-0.2, 0) is 18.3 Å². The second kappa shape index (κ2) is 5.33. The molecule has 0 bridgehead atoms. The number of alkyl halides is 1. The van der Waals surface area contributed by atoms with Crippen molar-refractivity contribution in [2.75, 3.05) is 5.88 Å². The van der Waals surface area contributed by atoms with Crippen molar-refractivity contribution in [3.8, 4) is 0 Å². The maximum atomic E-state index is 12.4. The molecule has 7 heteroatoms. The zero-order valence-corrected chi connectivity index (χ0v) is 13.3. The topological polar surface area (TPSA) is 64.7 Å². The van der Waals surface area contributed by atoms with Crippen LogP contribution < -0.4 is 5.32 Å². The first kappa shape index (κ1) is 14.4. The maximum Gasteiger partial charge on any atom is 0.243 e. The Balaban J connectivity index is 2.04. The smallest absolute Gasteiger partial charge is 0.243 e. The second-order valence-corrected chi connectivity index (χ2v) is 6.06. The first-order valence-electron chi connectivity index (χ1n) is 7.29. The lowest BCUT2D eigenvalue weighted by molar-refractivity contribution is -0.124. The van der Waals surface area contributed by atoms with Gasteiger partial charge in [0.15, 0.2) is 5.65 Å². The Morgan fingerprint density at radius 1 is 1.52 bits per heavy atom. The van der Waals surface area contributed by atoms with Gasteiger partial charge in [0.05, 0.1) is 5.69 Å². The number of halogens is 1. The van der Waals surface area contributed by atoms with Gasteiger partial charge in [-0.05, 0) is 26.7 Å². The standard InChI is InChI=1S/C14H20ClN5O/c1-8-12-14(19(3)18-8)20(11(17-12)6-7-15)9(2)13(21)16-10-4-5-10/h9-10H,4-7H2,1-3H3,(H,16,21). The molecule has 1 atom stereocenters. The first-order valence-corrected chi connectivity index (χ1v) is 7.83. The van der Waals surface area contributed by atoms with E-state index in [-0.39, 0.29) is 11.9 Å². The Morgan fingerprint density at radius 2 is 2.24 bits per heavy atom. The molecule has 1 unspecified atom stereocenters. The molecule has 21 heavy (non-hydrogen) atoms. The average molecular weight is 310 g/mol. The molecule has 0 saturated heterocycles. The molecule has 1 N–H and O–H groups in total. The number of carbonyl (C=O) groups is 1. The lowest BCUT2D eigenvalue weighted by Gasteiger charge is -2.17. The van der Waals surface area contributed by atoms with Crippen molar-refractivity contribution in [1.29, 1.82) is 0 Å². The number of hydrogen-bond acceptors (Lipinski definition) is 3. The van der Waals surface area contributed by atoms with E-state index >= 15 is 0 Å². The van der Waals surface area contributed by atoms with Crippen LogP contribution in [0.4, 0.5) is 0 Å². The third-order valence-electron chi connectivity index (χ3n) is 3.92. The summed E-state index contributed by atoms with van der Waals surface area (Å²) in [6.45, 7) is 3.83. The summed E-state index contributed by atoms with van der Waals surface area (Å²) in [7, 11) is 1.88. The van der Waals surface area contributed by atoms with Gasteiger partial charge in [-0.1, -0.05) is 0 Å². The normalized spacial score (nSPS) is 16.4. The van der Waals surface area contributed by atoms with Gasteiger partial charge in [0.1, 0.15) is 17.4 Å². The third kappa shape index (κ3) is 2.52. The summed E-state index contributed by atoms with van der Waals surface area (Å²) < 4.78 is 3.76. The summed E-state index contributed by atoms with van der Waals surface area (Å²) >= 11 is 5.88. The van der Waals surface area contributed by atoms with E-state index < -0.39 is 0 Å². The molecule has 0 aromatic carbocycles. The van der Waals surface area contributed by atoms with E-state index in [1.165, 1.54) is 0 Å². The number of rotatable bonds is 5. The van der Waals surface area contributed by atoms with Gasteiger partial charge in [-0.2, -0.15) is 5.10 Å². The van der Waals surface area contributed by atoms with Crippen molar-refractivity contribution >= 4 is 28.7 Å². The molecule has 1 amide bonds. The molecule has 1 aliphatic rings. The van der Waals surface area contributed by atoms with Crippen LogP contribution in [0.1, 0.15) is 37.3 Å². The van der Waals surface area contributed by atoms with Crippen LogP contribution in [0, 0.1) is 6.92 Å². The van der Waals surface area contributed by atoms with Crippen molar-refractivity contribution in [2.24, 2.45) is 7.05 Å². The van der Waals surface area contributed by atoms with Gasteiger partial charge < -0.3 is 9.88 Å². The number of nitrogens with one attached hydrogen (secondary N) is 1. The summed E-state index contributed by atoms with van der Waals surface area (Å²) in [5.41, 5.74) is 2.60. The van der Waals surface area contributed by atoms with Crippen LogP contribution in [-0.4, -0.2) is 37.2 Å². The molecule has 1 fully saturated rings. The zero-order chi connectivity index (χ0) is 15.1. The number of aromatic nitrogens is 4. The SMILES string of the molecule is Cc1nn(C)c2c1nc(CCCl)n2C(C)C(=O)NC1CC1. The van der Waals surface area contributed by atoms with Gasteiger partial charge in [-0.15, -0.1) is 11.6 Å². The fraction of sp³-hybridized carbons (Fsp3) is 0.643. The van der Waals surface area contributed by atoms with Gasteiger partial charge in [-0.25, -0.2) is 4.98 Å². The number of carbonyl (C=O) groups excluding carboxylic acids is 1. The molecule has 6 nitrogen and oxygen atoms in total. The lowest BCUT2D eigenvalue weighted by Crippen LogP contribution is -2.33. The Kier molecular flexibility index (Phi) is 3.65. The van der Waals surface area contributed by atoms with Crippen LogP contribution >= 0.6 is 11.6 Å². The van der Waals surface area contributed by atoms with Crippen molar-refractivity contribution in [3.63, 3.8) is 0 Å². The Morgan fingerprint density at radius 3 is 2.86 bits per heavy atom. The van der Waals surface area contributed by atoms with Gasteiger partial charge in [-0.3, -0.25) is 9.48 Å². The lowest BCUT2D eigenvalue weighted by atomic mass is 10.3. The van der Waals surface area contributed by atoms with Crippen LogP contribution in [0.5, 0.6) is 0 Å². The summed E-state index contributed by atoms with van der Waals surface area (Å²) in [5.74, 6) is 1.35. The van der Waals surface area contributed by atoms with Crippen molar-refractivity contribution < 1.29 is 4.79 Å². The quantitative estimate of drug-likeness (QED) is 0.855. The molecule has 0 radical (unpaired) electrons. The van der Waals surface area contributed by atoms with Gasteiger partial charge in [0, 0.05) is 25.4 Å². The number of fused-ring (bicyclic) bond motifs is 1. The maximum absolute atomic E-state index is 12.4. The van der Waals surface area contributed by atoms with E-state index in [0.29, 0.717) is 18.3 Å². The average Bonchev–Trinajstić information content (AvgIpc) is 3.09. The predicted molar refractivity (Wildman–Crippen MR) is 81.5 cm³/mol. The fourth-order valence-corrected chi connectivity index (χ4v) is 2.84. The molecule has 1 aliphatic carbocycles. The van der Waals surface area contributed by atoms with Crippen molar-refractivity contribution in [2.45, 2.75) is 45.2 Å². The largest absolute Gasteiger partial charge is 0.352 e. The first-order chi connectivity index (χ1) is 10.0. The molecule has 114 valence electrons. The Labute approximate surface area is 128 Å². The monoisotopic (exact) mass is 309 g/mol. The minimum Gasteiger partial charge on any atom is -0.352 e. The summed E-state index contributed by atoms with van der Waals surface area (Å²) in [4.78, 5) is 17.0. The second-order valence-electron chi connectivity index (χ2n) is 5.68. The predicted octanol–water partition coefficient (Wildman–Crippen LogP) is 1.70. The van der Waals surface area contributed by atoms with E-state index in [0.717, 1.165) is 35.5 Å². The van der Waals surface area contributed by atoms with Gasteiger partial charge in [0.25, 0.3) is 0 Å². The number of aryl methyl sites for hydroxylation is 3. The van der Waals surface area contributed by atoms with Crippen molar-refractivity contribution in [3.05, 3.63) is 11.5 Å². The minimum atomic E-state index is -0.316. The Hall–Kier alpha value is -1.56. The van der Waals surface area contributed by atoms with Crippen LogP contribution in [0.3, 0.4) is 0 Å². The highest BCUT2D eigenvalue weighted by Crippen LogP contribution is 2.25. The highest BCUT2D eigenvalue weighted by Gasteiger charge is 2.29. The third-order valence-corrected chi connectivity index (χ3v) is 4.11. The van der Waals surface area contributed by atoms with Gasteiger partial charge in [0.2, 0.25) is 5.91 Å². The molecule has 2 heterocycles. The number of nitrogens with zero attached hydrogens (tertiary/aromatic N) is 4. The zero-order valence-electron chi connectivity index (χ0n) is 12.6. The van der Waals surface area contributed by atoms with E-state index in [9.17, 15) is 4.79 Å². The van der Waals surface area contributed by atoms with E-state index in [4.69, 9.17) is 11.6 Å². The highest BCUT2D eigenvalue weighted by molar-refractivity contribution is 6.17. The number of hydrogen-bond donors (Lipinski definition) is 1. The molecule has 3 rings (SSSR count). The van der Waals surface area contributed by atoms with Crippen LogP contribution in [0.25, 0.3) is 11.2 Å². The number of amides is 1. The van der Waals surface area contributed by atoms with E-state index in [1.807, 2.05) is 25.5 Å². The molecule has 1 saturated carbocycles. The number of imidazole rings is 1. The Bertz CT molecular complexity index is 685. The minimum absolute atomic E-state index is 0.0338. The molecule has 2 aromatic rings. The van der Waals surface area contributed by atoms with Gasteiger partial charge >= 0.3 is 0 Å². The molecular weight excluding hydrogens is 290 g/mol. The van der Waals surface area contributed by atoms with E-state index in [2.05, 4.69) is 15.4 Å². The molecule has 0 spiro atoms. The van der Waals surface area contributed by atoms with E-state index in [1.54, 1.807) is 4.68 Å².